The van der Waals surface area contributed by atoms with Gasteiger partial charge in [0.15, 0.2) is 17.7 Å². The van der Waals surface area contributed by atoms with Crippen LogP contribution in [-0.4, -0.2) is 153 Å². The predicted octanol–water partition coefficient (Wildman–Crippen LogP) is 4.47. The number of nitrogens with zero attached hydrogens (tertiary/aromatic N) is 5. The lowest BCUT2D eigenvalue weighted by molar-refractivity contribution is -0.297. The molecule has 18 heteroatoms. The van der Waals surface area contributed by atoms with E-state index in [9.17, 15) is 19.5 Å². The first-order valence-electron chi connectivity index (χ1n) is 21.3. The normalized spacial score (nSPS) is 38.1. The third kappa shape index (κ3) is 10.4. The first kappa shape index (κ1) is 48.2. The van der Waals surface area contributed by atoms with Crippen LogP contribution in [0.15, 0.2) is 30.5 Å². The monoisotopic (exact) mass is 863 g/mol. The summed E-state index contributed by atoms with van der Waals surface area (Å²) in [6.45, 7) is 12.5. The van der Waals surface area contributed by atoms with E-state index in [2.05, 4.69) is 15.6 Å². The zero-order valence-corrected chi connectivity index (χ0v) is 37.5. The number of carbonyl (C=O) groups excluding carboxylic acids is 3. The fourth-order valence-electron chi connectivity index (χ4n) is 9.45. The van der Waals surface area contributed by atoms with Crippen molar-refractivity contribution < 1.29 is 52.0 Å². The summed E-state index contributed by atoms with van der Waals surface area (Å²) in [5.74, 6) is -4.13. The van der Waals surface area contributed by atoms with Crippen LogP contribution in [0.25, 0.3) is 11.3 Å². The fraction of sp³-hybridized carbons (Fsp3) is 0.744. The molecule has 0 aliphatic carbocycles. The van der Waals surface area contributed by atoms with E-state index >= 15 is 8.78 Å². The molecule has 4 heterocycles. The van der Waals surface area contributed by atoms with E-state index in [1.165, 1.54) is 25.9 Å². The van der Waals surface area contributed by atoms with Crippen LogP contribution >= 0.6 is 0 Å². The number of amides is 1. The summed E-state index contributed by atoms with van der Waals surface area (Å²) in [6.07, 6.45) is -3.06. The molecule has 4 unspecified atom stereocenters. The number of anilines is 1. The van der Waals surface area contributed by atoms with E-state index < -0.39 is 89.0 Å². The lowest BCUT2D eigenvalue weighted by atomic mass is 9.77. The third-order valence-corrected chi connectivity index (χ3v) is 12.8. The van der Waals surface area contributed by atoms with Crippen molar-refractivity contribution in [2.75, 3.05) is 40.0 Å². The number of aryl methyl sites for hydroxylation is 1. The highest BCUT2D eigenvalue weighted by Gasteiger charge is 2.61. The Morgan fingerprint density at radius 3 is 2.41 bits per heavy atom. The van der Waals surface area contributed by atoms with Crippen LogP contribution in [0.3, 0.4) is 0 Å². The Labute approximate surface area is 358 Å². The van der Waals surface area contributed by atoms with Crippen LogP contribution in [0.1, 0.15) is 87.5 Å². The number of ketones is 1. The van der Waals surface area contributed by atoms with E-state index in [0.717, 1.165) is 12.5 Å². The summed E-state index contributed by atoms with van der Waals surface area (Å²) in [5.41, 5.74) is -0.436. The topological polar surface area (TPSA) is 193 Å². The van der Waals surface area contributed by atoms with Gasteiger partial charge in [0.05, 0.1) is 30.0 Å². The van der Waals surface area contributed by atoms with E-state index in [0.29, 0.717) is 37.2 Å². The zero-order valence-electron chi connectivity index (χ0n) is 37.5. The van der Waals surface area contributed by atoms with Crippen molar-refractivity contribution in [3.8, 4) is 11.3 Å². The predicted molar refractivity (Wildman–Crippen MR) is 223 cm³/mol. The molecule has 1 amide bonds. The quantitative estimate of drug-likeness (QED) is 0.124. The van der Waals surface area contributed by atoms with Gasteiger partial charge in [-0.15, -0.1) is 5.10 Å². The number of esters is 1. The number of carbonyl (C=O) groups is 3. The summed E-state index contributed by atoms with van der Waals surface area (Å²) in [6, 6.07) is 5.45. The molecule has 0 saturated carbocycles. The minimum atomic E-state index is -3.24. The molecule has 1 aromatic heterocycles. The van der Waals surface area contributed by atoms with Gasteiger partial charge in [-0.05, 0) is 93.5 Å². The van der Waals surface area contributed by atoms with Crippen LogP contribution < -0.4 is 11.1 Å². The molecule has 61 heavy (non-hydrogen) atoms. The number of aliphatic hydroxyl groups excluding tert-OH is 1. The van der Waals surface area contributed by atoms with Crippen molar-refractivity contribution in [1.82, 2.24) is 30.1 Å². The minimum absolute atomic E-state index is 0.0878. The number of alkyl halides is 2. The van der Waals surface area contributed by atoms with E-state index in [1.807, 2.05) is 36.2 Å². The Morgan fingerprint density at radius 1 is 1.08 bits per heavy atom. The Hall–Kier alpha value is -3.81. The van der Waals surface area contributed by atoms with Gasteiger partial charge in [-0.3, -0.25) is 14.4 Å². The standard InChI is InChI=1S/C43H67F2N7O9/c1-12-32-43(8)34(52(39(56)61-43)19-14-13-18-51-22-30(48-49-51)28-16-15-17-29(46)21-28)27(4)47-24-40(5,44)23-41(6,57-11)36(26(3)35(54)42(7,45)38(55)59-32)60-37-33(53)31(50(9)10)20-25(2)58-37/h15-17,21-22,25-27,31-34,36-37,47,53H,12-14,18-20,23-24,46H2,1-11H3/t25-,26+,27-,31?,32-,33?,34-,36-,37+,40?,41-,42?,43-/m1/s1. The average Bonchev–Trinajstić information content (AvgIpc) is 3.77. The number of Topliss-reactive ketones (excluding diaryl/α,β-unsaturated/α-hetero) is 1. The maximum atomic E-state index is 17.1. The number of likely N-dealkylation sites (N-methyl/N-ethyl adjacent to an activating group) is 1. The van der Waals surface area contributed by atoms with Gasteiger partial charge in [0.2, 0.25) is 0 Å². The largest absolute Gasteiger partial charge is 0.455 e. The highest BCUT2D eigenvalue weighted by molar-refractivity contribution is 6.07. The van der Waals surface area contributed by atoms with Crippen molar-refractivity contribution >= 4 is 23.5 Å². The smallest absolute Gasteiger partial charge is 0.410 e. The number of unbranched alkanes of at least 4 members (excludes halogenated alkanes) is 1. The highest BCUT2D eigenvalue weighted by atomic mass is 19.1. The molecule has 3 fully saturated rings. The van der Waals surface area contributed by atoms with E-state index in [1.54, 1.807) is 52.5 Å². The van der Waals surface area contributed by atoms with Gasteiger partial charge >= 0.3 is 12.1 Å². The van der Waals surface area contributed by atoms with Crippen molar-refractivity contribution in [2.24, 2.45) is 5.92 Å². The number of halogens is 2. The van der Waals surface area contributed by atoms with Gasteiger partial charge in [0.25, 0.3) is 5.67 Å². The molecule has 1 aromatic carbocycles. The van der Waals surface area contributed by atoms with Gasteiger partial charge in [0, 0.05) is 62.4 Å². The minimum Gasteiger partial charge on any atom is -0.455 e. The maximum absolute atomic E-state index is 17.1. The molecule has 5 rings (SSSR count). The number of aliphatic hydroxyl groups is 1. The summed E-state index contributed by atoms with van der Waals surface area (Å²) in [5, 5.41) is 23.2. The lowest BCUT2D eigenvalue weighted by Gasteiger charge is -2.47. The van der Waals surface area contributed by atoms with Crippen molar-refractivity contribution in [3.63, 3.8) is 0 Å². The number of cyclic esters (lactones) is 1. The summed E-state index contributed by atoms with van der Waals surface area (Å²) >= 11 is 0. The Balaban J connectivity index is 1.43. The summed E-state index contributed by atoms with van der Waals surface area (Å²) in [7, 11) is 4.94. The van der Waals surface area contributed by atoms with Crippen LogP contribution in [0.4, 0.5) is 19.3 Å². The molecule has 0 spiro atoms. The molecular formula is C43H67F2N7O9. The Bertz CT molecular complexity index is 1850. The second-order valence-electron chi connectivity index (χ2n) is 18.3. The van der Waals surface area contributed by atoms with E-state index in [4.69, 9.17) is 29.4 Å². The number of ether oxygens (including phenoxy) is 5. The molecule has 0 bridgehead atoms. The number of benzene rings is 1. The lowest BCUT2D eigenvalue weighted by Crippen LogP contribution is -2.62. The number of rotatable bonds is 11. The molecular weight excluding hydrogens is 797 g/mol. The molecule has 342 valence electrons. The number of methoxy groups -OCH3 is 1. The molecule has 13 atom stereocenters. The van der Waals surface area contributed by atoms with Crippen LogP contribution in [-0.2, 0) is 39.8 Å². The van der Waals surface area contributed by atoms with Gasteiger partial charge in [-0.25, -0.2) is 18.4 Å². The number of hydrogen-bond acceptors (Lipinski definition) is 14. The van der Waals surface area contributed by atoms with Gasteiger partial charge in [-0.2, -0.15) is 0 Å². The molecule has 3 aliphatic rings. The molecule has 2 aromatic rings. The SMILES string of the molecule is CC[C@H]1OC(=O)C(C)(F)C(=O)[C@H](C)[C@@H](O[C@@H]2O[C@H](C)CC(N(C)C)C2O)[C@](C)(OC)CC(C)(F)CN[C@H](C)[C@H]2N(CCCCn3cc(-c4cccc(N)c4)nn3)C(=O)O[C@]12C. The third-order valence-electron chi connectivity index (χ3n) is 12.8. The van der Waals surface area contributed by atoms with Crippen LogP contribution in [0.2, 0.25) is 0 Å². The maximum Gasteiger partial charge on any atom is 0.410 e. The number of hydrogen-bond donors (Lipinski definition) is 3. The molecule has 16 nitrogen and oxygen atoms in total. The first-order valence-corrected chi connectivity index (χ1v) is 21.3. The molecule has 3 aliphatic heterocycles. The van der Waals surface area contributed by atoms with Crippen molar-refractivity contribution in [1.29, 1.82) is 0 Å². The Kier molecular flexibility index (Phi) is 14.9. The fourth-order valence-corrected chi connectivity index (χ4v) is 9.45. The number of aromatic nitrogens is 3. The van der Waals surface area contributed by atoms with Crippen molar-refractivity contribution in [3.05, 3.63) is 30.5 Å². The zero-order chi connectivity index (χ0) is 45.2. The van der Waals surface area contributed by atoms with E-state index in [-0.39, 0.29) is 32.0 Å². The average molecular weight is 864 g/mol. The van der Waals surface area contributed by atoms with Crippen LogP contribution in [0.5, 0.6) is 0 Å². The number of nitrogens with two attached hydrogens (primary N) is 1. The van der Waals surface area contributed by atoms with Gasteiger partial charge in [0.1, 0.15) is 23.6 Å². The molecule has 3 saturated heterocycles. The number of nitrogen functional groups attached to an aromatic ring is 1. The molecule has 0 radical (unpaired) electrons. The second kappa shape index (κ2) is 18.9. The van der Waals surface area contributed by atoms with Gasteiger partial charge in [-0.1, -0.05) is 31.2 Å². The number of fused-ring (bicyclic) bond motifs is 1. The summed E-state index contributed by atoms with van der Waals surface area (Å²) < 4.78 is 66.2. The second-order valence-corrected chi connectivity index (χ2v) is 18.3. The number of nitrogens with one attached hydrogen (secondary N) is 1. The Morgan fingerprint density at radius 2 is 1.77 bits per heavy atom. The van der Waals surface area contributed by atoms with Crippen LogP contribution in [0, 0.1) is 5.92 Å². The van der Waals surface area contributed by atoms with Gasteiger partial charge < -0.3 is 44.7 Å². The summed E-state index contributed by atoms with van der Waals surface area (Å²) in [4.78, 5) is 45.4. The van der Waals surface area contributed by atoms with Crippen molar-refractivity contribution in [2.45, 2.75) is 165 Å². The highest BCUT2D eigenvalue weighted by Crippen LogP contribution is 2.42. The first-order chi connectivity index (χ1) is 28.5. The molecule has 4 N–H and O–H groups in total.